The molecule has 3 heteroatoms. The first-order chi connectivity index (χ1) is 7.14. The van der Waals surface area contributed by atoms with E-state index in [9.17, 15) is 0 Å². The molecule has 1 aliphatic rings. The molecular weight excluding hydrogens is 254 g/mol. The fourth-order valence-corrected chi connectivity index (χ4v) is 2.09. The zero-order valence-electron chi connectivity index (χ0n) is 9.89. The van der Waals surface area contributed by atoms with Crippen LogP contribution in [0.2, 0.25) is 0 Å². The highest BCUT2D eigenvalue weighted by Crippen LogP contribution is 2.19. The molecule has 1 heterocycles. The number of alkyl halides is 1. The lowest BCUT2D eigenvalue weighted by atomic mass is 10.1. The molecule has 0 bridgehead atoms. The maximum atomic E-state index is 5.54. The summed E-state index contributed by atoms with van der Waals surface area (Å²) in [5.74, 6) is 0.973. The lowest BCUT2D eigenvalue weighted by molar-refractivity contribution is 0.273. The monoisotopic (exact) mass is 275 g/mol. The number of rotatable bonds is 7. The van der Waals surface area contributed by atoms with Crippen molar-refractivity contribution < 1.29 is 4.74 Å². The molecule has 0 aromatic carbocycles. The van der Waals surface area contributed by atoms with Gasteiger partial charge in [0.15, 0.2) is 5.90 Å². The van der Waals surface area contributed by atoms with Crippen molar-refractivity contribution in [3.8, 4) is 0 Å². The van der Waals surface area contributed by atoms with Crippen molar-refractivity contribution in [2.45, 2.75) is 57.9 Å². The summed E-state index contributed by atoms with van der Waals surface area (Å²) in [7, 11) is 0. The van der Waals surface area contributed by atoms with E-state index < -0.39 is 0 Å². The number of aliphatic imine (C=N–C) groups is 1. The van der Waals surface area contributed by atoms with Crippen LogP contribution in [0.3, 0.4) is 0 Å². The van der Waals surface area contributed by atoms with Crippen molar-refractivity contribution in [1.82, 2.24) is 0 Å². The fraction of sp³-hybridized carbons (Fsp3) is 0.917. The Hall–Kier alpha value is -0.0500. The van der Waals surface area contributed by atoms with Crippen LogP contribution in [0.15, 0.2) is 4.99 Å². The highest BCUT2D eigenvalue weighted by atomic mass is 79.9. The molecule has 0 amide bonds. The molecule has 88 valence electrons. The Morgan fingerprint density at radius 1 is 1.20 bits per heavy atom. The van der Waals surface area contributed by atoms with Gasteiger partial charge in [-0.05, 0) is 26.7 Å². The average molecular weight is 276 g/mol. The minimum atomic E-state index is 0.0191. The molecule has 0 saturated carbocycles. The Labute approximate surface area is 102 Å². The smallest absolute Gasteiger partial charge is 0.183 e. The first-order valence-electron chi connectivity index (χ1n) is 5.91. The molecule has 0 N–H and O–H groups in total. The van der Waals surface area contributed by atoms with Crippen molar-refractivity contribution >= 4 is 21.8 Å². The molecule has 0 fully saturated rings. The summed E-state index contributed by atoms with van der Waals surface area (Å²) in [5.41, 5.74) is 0.0191. The van der Waals surface area contributed by atoms with E-state index in [1.165, 1.54) is 32.1 Å². The van der Waals surface area contributed by atoms with Crippen LogP contribution in [0.5, 0.6) is 0 Å². The second-order valence-corrected chi connectivity index (χ2v) is 5.61. The van der Waals surface area contributed by atoms with Crippen LogP contribution in [0.4, 0.5) is 0 Å². The number of hydrogen-bond acceptors (Lipinski definition) is 2. The Bertz CT molecular complexity index is 214. The van der Waals surface area contributed by atoms with E-state index in [2.05, 4.69) is 34.8 Å². The minimum Gasteiger partial charge on any atom is -0.478 e. The molecular formula is C12H22BrNO. The van der Waals surface area contributed by atoms with Gasteiger partial charge in [0.25, 0.3) is 0 Å². The van der Waals surface area contributed by atoms with Gasteiger partial charge < -0.3 is 4.74 Å². The first kappa shape index (κ1) is 13.0. The summed E-state index contributed by atoms with van der Waals surface area (Å²) in [6, 6.07) is 0. The predicted octanol–water partition coefficient (Wildman–Crippen LogP) is 3.93. The topological polar surface area (TPSA) is 21.6 Å². The third kappa shape index (κ3) is 5.55. The molecule has 1 aliphatic heterocycles. The Balaban J connectivity index is 2.01. The SMILES string of the molecule is CC1(C)COC(CCCCCCCBr)=N1. The van der Waals surface area contributed by atoms with E-state index in [4.69, 9.17) is 4.74 Å². The first-order valence-corrected chi connectivity index (χ1v) is 7.04. The van der Waals surface area contributed by atoms with Gasteiger partial charge >= 0.3 is 0 Å². The van der Waals surface area contributed by atoms with Crippen molar-refractivity contribution in [1.29, 1.82) is 0 Å². The van der Waals surface area contributed by atoms with Gasteiger partial charge in [-0.2, -0.15) is 0 Å². The van der Waals surface area contributed by atoms with Gasteiger partial charge in [0, 0.05) is 11.8 Å². The molecule has 2 nitrogen and oxygen atoms in total. The summed E-state index contributed by atoms with van der Waals surface area (Å²) < 4.78 is 5.54. The molecule has 0 atom stereocenters. The lowest BCUT2D eigenvalue weighted by Gasteiger charge is -2.07. The minimum absolute atomic E-state index is 0.0191. The Kier molecular flexibility index (Phi) is 5.65. The summed E-state index contributed by atoms with van der Waals surface area (Å²) >= 11 is 3.45. The second-order valence-electron chi connectivity index (χ2n) is 4.81. The van der Waals surface area contributed by atoms with Crippen molar-refractivity contribution in [2.24, 2.45) is 4.99 Å². The maximum absolute atomic E-state index is 5.54. The molecule has 15 heavy (non-hydrogen) atoms. The van der Waals surface area contributed by atoms with Gasteiger partial charge in [-0.1, -0.05) is 35.2 Å². The van der Waals surface area contributed by atoms with Crippen LogP contribution in [0, 0.1) is 0 Å². The molecule has 0 aromatic rings. The number of hydrogen-bond donors (Lipinski definition) is 0. The molecule has 0 aromatic heterocycles. The quantitative estimate of drug-likeness (QED) is 0.510. The fourth-order valence-electron chi connectivity index (χ4n) is 1.69. The molecule has 0 spiro atoms. The zero-order chi connectivity index (χ0) is 11.1. The predicted molar refractivity (Wildman–Crippen MR) is 69.0 cm³/mol. The van der Waals surface area contributed by atoms with E-state index in [0.717, 1.165) is 24.3 Å². The van der Waals surface area contributed by atoms with Crippen LogP contribution in [-0.2, 0) is 4.74 Å². The number of unbranched alkanes of at least 4 members (excludes halogenated alkanes) is 4. The number of nitrogens with zero attached hydrogens (tertiary/aromatic N) is 1. The Morgan fingerprint density at radius 3 is 2.47 bits per heavy atom. The van der Waals surface area contributed by atoms with E-state index in [1.807, 2.05) is 0 Å². The Morgan fingerprint density at radius 2 is 1.87 bits per heavy atom. The zero-order valence-corrected chi connectivity index (χ0v) is 11.5. The standard InChI is InChI=1S/C12H22BrNO/c1-12(2)10-15-11(14-12)8-6-4-3-5-7-9-13/h3-10H2,1-2H3. The summed E-state index contributed by atoms with van der Waals surface area (Å²) in [4.78, 5) is 4.54. The third-order valence-corrected chi connectivity index (χ3v) is 3.10. The van der Waals surface area contributed by atoms with Crippen LogP contribution in [0.1, 0.15) is 52.4 Å². The van der Waals surface area contributed by atoms with Gasteiger partial charge in [0.2, 0.25) is 0 Å². The lowest BCUT2D eigenvalue weighted by Crippen LogP contribution is -2.17. The van der Waals surface area contributed by atoms with Gasteiger partial charge in [-0.3, -0.25) is 0 Å². The summed E-state index contributed by atoms with van der Waals surface area (Å²) in [5, 5.41) is 1.14. The van der Waals surface area contributed by atoms with Gasteiger partial charge in [0.05, 0.1) is 5.54 Å². The highest BCUT2D eigenvalue weighted by Gasteiger charge is 2.25. The van der Waals surface area contributed by atoms with Crippen LogP contribution in [-0.4, -0.2) is 23.4 Å². The average Bonchev–Trinajstić information content (AvgIpc) is 2.52. The normalized spacial score (nSPS) is 18.7. The second kappa shape index (κ2) is 6.51. The molecule has 0 unspecified atom stereocenters. The van der Waals surface area contributed by atoms with Crippen molar-refractivity contribution in [3.05, 3.63) is 0 Å². The van der Waals surface area contributed by atoms with E-state index in [1.54, 1.807) is 0 Å². The van der Waals surface area contributed by atoms with Crippen molar-refractivity contribution in [3.63, 3.8) is 0 Å². The number of halogens is 1. The van der Waals surface area contributed by atoms with Gasteiger partial charge in [-0.15, -0.1) is 0 Å². The van der Waals surface area contributed by atoms with Crippen molar-refractivity contribution in [2.75, 3.05) is 11.9 Å². The largest absolute Gasteiger partial charge is 0.478 e. The maximum Gasteiger partial charge on any atom is 0.183 e. The summed E-state index contributed by atoms with van der Waals surface area (Å²) in [6.45, 7) is 5.00. The van der Waals surface area contributed by atoms with Gasteiger partial charge in [0.1, 0.15) is 6.61 Å². The van der Waals surface area contributed by atoms with Crippen LogP contribution in [0.25, 0.3) is 0 Å². The van der Waals surface area contributed by atoms with E-state index in [-0.39, 0.29) is 5.54 Å². The molecule has 0 radical (unpaired) electrons. The molecule has 0 saturated heterocycles. The van der Waals surface area contributed by atoms with E-state index >= 15 is 0 Å². The molecule has 1 rings (SSSR count). The van der Waals surface area contributed by atoms with Crippen LogP contribution < -0.4 is 0 Å². The molecule has 0 aliphatic carbocycles. The number of ether oxygens (including phenoxy) is 1. The third-order valence-electron chi connectivity index (χ3n) is 2.54. The summed E-state index contributed by atoms with van der Waals surface area (Å²) in [6.07, 6.45) is 7.52. The van der Waals surface area contributed by atoms with E-state index in [0.29, 0.717) is 0 Å². The van der Waals surface area contributed by atoms with Gasteiger partial charge in [-0.25, -0.2) is 4.99 Å². The van der Waals surface area contributed by atoms with Crippen LogP contribution >= 0.6 is 15.9 Å². The highest BCUT2D eigenvalue weighted by molar-refractivity contribution is 9.09.